The number of ether oxygens (including phenoxy) is 1. The molecular weight excluding hydrogens is 396 g/mol. The number of hydrogen-bond acceptors (Lipinski definition) is 2. The summed E-state index contributed by atoms with van der Waals surface area (Å²) in [5.41, 5.74) is 0.113. The van der Waals surface area contributed by atoms with E-state index in [9.17, 15) is 17.6 Å². The highest BCUT2D eigenvalue weighted by Gasteiger charge is 2.26. The second-order valence-electron chi connectivity index (χ2n) is 8.00. The highest BCUT2D eigenvalue weighted by Crippen LogP contribution is 2.39. The smallest absolute Gasteiger partial charge is 0.201 e. The van der Waals surface area contributed by atoms with Crippen molar-refractivity contribution in [1.29, 1.82) is 0 Å². The summed E-state index contributed by atoms with van der Waals surface area (Å²) in [5.74, 6) is -4.11. The molecule has 1 aliphatic carbocycles. The van der Waals surface area contributed by atoms with Crippen LogP contribution in [0.2, 0.25) is 0 Å². The first-order valence-corrected chi connectivity index (χ1v) is 10.4. The van der Waals surface area contributed by atoms with Crippen molar-refractivity contribution in [1.82, 2.24) is 0 Å². The summed E-state index contributed by atoms with van der Waals surface area (Å²) < 4.78 is 69.1. The molecule has 0 aliphatic heterocycles. The molecule has 2 nitrogen and oxygen atoms in total. The molecule has 3 aromatic rings. The summed E-state index contributed by atoms with van der Waals surface area (Å²) in [6.45, 7) is 5.60. The summed E-state index contributed by atoms with van der Waals surface area (Å²) in [4.78, 5) is 0. The number of fused-ring (bicyclic) bond motifs is 3. The number of aryl methyl sites for hydroxylation is 1. The molecule has 6 heteroatoms. The molecule has 1 fully saturated rings. The van der Waals surface area contributed by atoms with Crippen molar-refractivity contribution in [2.75, 3.05) is 6.61 Å². The molecule has 0 bridgehead atoms. The van der Waals surface area contributed by atoms with Crippen LogP contribution in [0.1, 0.15) is 44.6 Å². The molecule has 4 rings (SSSR count). The Kier molecular flexibility index (Phi) is 5.76. The molecular formula is C24H24F4O2. The van der Waals surface area contributed by atoms with E-state index in [1.807, 2.05) is 6.08 Å². The van der Waals surface area contributed by atoms with Crippen molar-refractivity contribution in [2.24, 2.45) is 11.8 Å². The van der Waals surface area contributed by atoms with Gasteiger partial charge in [-0.3, -0.25) is 0 Å². The molecule has 1 aliphatic rings. The van der Waals surface area contributed by atoms with Gasteiger partial charge in [0.25, 0.3) is 0 Å². The number of rotatable bonds is 6. The Balaban J connectivity index is 1.68. The number of hydrogen-bond donors (Lipinski definition) is 0. The van der Waals surface area contributed by atoms with Crippen LogP contribution in [0.25, 0.3) is 21.9 Å². The molecule has 1 aromatic heterocycles. The second-order valence-corrected chi connectivity index (χ2v) is 8.00. The maximum Gasteiger partial charge on any atom is 0.201 e. The van der Waals surface area contributed by atoms with E-state index in [0.29, 0.717) is 18.3 Å². The van der Waals surface area contributed by atoms with Crippen molar-refractivity contribution >= 4 is 21.9 Å². The van der Waals surface area contributed by atoms with E-state index < -0.39 is 28.7 Å². The quantitative estimate of drug-likeness (QED) is 0.305. The van der Waals surface area contributed by atoms with E-state index >= 15 is 0 Å². The van der Waals surface area contributed by atoms with Gasteiger partial charge in [0.1, 0.15) is 11.2 Å². The van der Waals surface area contributed by atoms with E-state index in [1.165, 1.54) is 12.1 Å². The van der Waals surface area contributed by atoms with Crippen molar-refractivity contribution < 1.29 is 26.7 Å². The lowest BCUT2D eigenvalue weighted by molar-refractivity contribution is 0.295. The van der Waals surface area contributed by atoms with Crippen LogP contribution in [0.5, 0.6) is 5.75 Å². The highest BCUT2D eigenvalue weighted by molar-refractivity contribution is 6.06. The van der Waals surface area contributed by atoms with Gasteiger partial charge in [0.15, 0.2) is 23.2 Å². The summed E-state index contributed by atoms with van der Waals surface area (Å²) in [6, 6.07) is 2.58. The third kappa shape index (κ3) is 3.57. The molecule has 0 unspecified atom stereocenters. The molecule has 160 valence electrons. The Bertz CT molecular complexity index is 1090. The topological polar surface area (TPSA) is 22.4 Å². The third-order valence-electron chi connectivity index (χ3n) is 6.20. The molecule has 1 saturated carbocycles. The van der Waals surface area contributed by atoms with Crippen molar-refractivity contribution in [3.63, 3.8) is 0 Å². The van der Waals surface area contributed by atoms with E-state index in [0.717, 1.165) is 32.1 Å². The minimum atomic E-state index is -1.31. The third-order valence-corrected chi connectivity index (χ3v) is 6.20. The van der Waals surface area contributed by atoms with Gasteiger partial charge < -0.3 is 9.15 Å². The van der Waals surface area contributed by atoms with Gasteiger partial charge in [-0.1, -0.05) is 6.08 Å². The van der Waals surface area contributed by atoms with Gasteiger partial charge in [0, 0.05) is 6.07 Å². The fourth-order valence-corrected chi connectivity index (χ4v) is 4.49. The Morgan fingerprint density at radius 2 is 1.60 bits per heavy atom. The molecule has 30 heavy (non-hydrogen) atoms. The van der Waals surface area contributed by atoms with Crippen LogP contribution in [0.4, 0.5) is 17.6 Å². The number of halogens is 4. The van der Waals surface area contributed by atoms with E-state index in [-0.39, 0.29) is 34.5 Å². The first kappa shape index (κ1) is 20.8. The monoisotopic (exact) mass is 420 g/mol. The minimum Gasteiger partial charge on any atom is -0.491 e. The van der Waals surface area contributed by atoms with Crippen molar-refractivity contribution in [3.05, 3.63) is 53.6 Å². The van der Waals surface area contributed by atoms with Crippen LogP contribution in [0, 0.1) is 35.1 Å². The zero-order valence-electron chi connectivity index (χ0n) is 16.9. The summed E-state index contributed by atoms with van der Waals surface area (Å²) >= 11 is 0. The Hall–Kier alpha value is -2.50. The van der Waals surface area contributed by atoms with E-state index in [1.54, 1.807) is 6.92 Å². The predicted octanol–water partition coefficient (Wildman–Crippen LogP) is 7.47. The Morgan fingerprint density at radius 1 is 0.967 bits per heavy atom. The Labute approximate surface area is 172 Å². The van der Waals surface area contributed by atoms with Crippen molar-refractivity contribution in [3.8, 4) is 5.75 Å². The first-order chi connectivity index (χ1) is 14.4. The number of allylic oxidation sites excluding steroid dienone is 1. The lowest BCUT2D eigenvalue weighted by Gasteiger charge is -2.26. The van der Waals surface area contributed by atoms with Gasteiger partial charge in [0.05, 0.1) is 17.4 Å². The zero-order valence-corrected chi connectivity index (χ0v) is 16.9. The lowest BCUT2D eigenvalue weighted by Crippen LogP contribution is -2.14. The summed E-state index contributed by atoms with van der Waals surface area (Å²) in [7, 11) is 0. The average molecular weight is 420 g/mol. The van der Waals surface area contributed by atoms with Gasteiger partial charge in [-0.25, -0.2) is 13.2 Å². The first-order valence-electron chi connectivity index (χ1n) is 10.4. The van der Waals surface area contributed by atoms with Gasteiger partial charge in [-0.15, -0.1) is 6.58 Å². The SMILES string of the molecule is C=CC1CCC(CCc2cc3oc4cc(OCC)c(F)c(F)c4c3c(F)c2F)CC1. The van der Waals surface area contributed by atoms with Crippen molar-refractivity contribution in [2.45, 2.75) is 45.4 Å². The summed E-state index contributed by atoms with van der Waals surface area (Å²) in [5, 5.41) is -0.783. The fraction of sp³-hybridized carbons (Fsp3) is 0.417. The molecule has 0 N–H and O–H groups in total. The fourth-order valence-electron chi connectivity index (χ4n) is 4.49. The largest absolute Gasteiger partial charge is 0.491 e. The number of furan rings is 1. The molecule has 0 atom stereocenters. The highest BCUT2D eigenvalue weighted by atomic mass is 19.2. The van der Waals surface area contributed by atoms with E-state index in [2.05, 4.69) is 6.58 Å². The van der Waals surface area contributed by atoms with E-state index in [4.69, 9.17) is 9.15 Å². The van der Waals surface area contributed by atoms with Crippen LogP contribution < -0.4 is 4.74 Å². The molecule has 0 amide bonds. The predicted molar refractivity (Wildman–Crippen MR) is 109 cm³/mol. The molecule has 0 spiro atoms. The second kappa shape index (κ2) is 8.32. The zero-order chi connectivity index (χ0) is 21.4. The number of benzene rings is 2. The lowest BCUT2D eigenvalue weighted by atomic mass is 9.79. The van der Waals surface area contributed by atoms with Crippen LogP contribution >= 0.6 is 0 Å². The summed E-state index contributed by atoms with van der Waals surface area (Å²) in [6.07, 6.45) is 7.31. The average Bonchev–Trinajstić information content (AvgIpc) is 3.12. The minimum absolute atomic E-state index is 0.00112. The van der Waals surface area contributed by atoms with Gasteiger partial charge in [-0.2, -0.15) is 4.39 Å². The molecule has 1 heterocycles. The molecule has 0 radical (unpaired) electrons. The maximum absolute atomic E-state index is 14.9. The van der Waals surface area contributed by atoms with Gasteiger partial charge >= 0.3 is 0 Å². The molecule has 0 saturated heterocycles. The Morgan fingerprint density at radius 3 is 2.23 bits per heavy atom. The normalized spacial score (nSPS) is 19.5. The van der Waals surface area contributed by atoms with Crippen LogP contribution in [0.3, 0.4) is 0 Å². The van der Waals surface area contributed by atoms with Gasteiger partial charge in [-0.05, 0) is 68.9 Å². The maximum atomic E-state index is 14.9. The van der Waals surface area contributed by atoms with Crippen LogP contribution in [-0.4, -0.2) is 6.61 Å². The standard InChI is InChI=1S/C24H24F4O2/c1-3-13-5-7-14(8-6-13)9-10-15-11-16-19(23(27)21(15)25)20-17(30-16)12-18(29-4-2)22(26)24(20)28/h3,11-14H,1,4-10H2,2H3. The van der Waals surface area contributed by atoms with Gasteiger partial charge in [0.2, 0.25) is 5.82 Å². The molecule has 2 aromatic carbocycles. The van der Waals surface area contributed by atoms with Crippen LogP contribution in [-0.2, 0) is 6.42 Å². The van der Waals surface area contributed by atoms with Crippen LogP contribution in [0.15, 0.2) is 29.2 Å².